The van der Waals surface area contributed by atoms with Crippen molar-refractivity contribution in [1.29, 1.82) is 5.46 Å². The van der Waals surface area contributed by atoms with Crippen molar-refractivity contribution >= 4 is 23.8 Å². The van der Waals surface area contributed by atoms with Crippen LogP contribution in [0.1, 0.15) is 0 Å². The molecule has 0 aliphatic heterocycles. The fraction of sp³-hybridized carbons (Fsp3) is 0. The van der Waals surface area contributed by atoms with E-state index in [9.17, 15) is 0 Å². The second-order valence-electron chi connectivity index (χ2n) is 5.16. The van der Waals surface area contributed by atoms with Crippen LogP contribution in [0.25, 0.3) is 0 Å². The van der Waals surface area contributed by atoms with Gasteiger partial charge in [0.05, 0.1) is 7.92 Å². The Bertz CT molecular complexity index is 739. The first-order valence-corrected chi connectivity index (χ1v) is 9.49. The van der Waals surface area contributed by atoms with Crippen LogP contribution in [-0.4, -0.2) is 0 Å². The summed E-state index contributed by atoms with van der Waals surface area (Å²) in [4.78, 5) is 0. The molecule has 0 unspecified atom stereocenters. The molecule has 4 aromatic carbocycles. The summed E-state index contributed by atoms with van der Waals surface area (Å²) in [5.74, 6) is 0. The monoisotopic (exact) mass is 541 g/mol. The zero-order chi connectivity index (χ0) is 18.5. The average molecular weight is 541 g/mol. The molecule has 0 bridgehead atoms. The Kier molecular flexibility index (Phi) is 11.8. The van der Waals surface area contributed by atoms with Gasteiger partial charge in [0.2, 0.25) is 0 Å². The number of hydrogen-bond donors (Lipinski definition) is 0. The average Bonchev–Trinajstić information content (AvgIpc) is 3.33. The van der Waals surface area contributed by atoms with E-state index in [1.165, 1.54) is 15.9 Å². The SMILES string of the molecule is N#[O+].[Re].[c-]1[c-][c-][cH-][c-]1.c1ccc([PH+](c2ccccc2)c2ccccc2)cc1. The van der Waals surface area contributed by atoms with E-state index in [0.29, 0.717) is 0 Å². The van der Waals surface area contributed by atoms with E-state index in [-0.39, 0.29) is 20.4 Å². The minimum Gasteiger partial charge on any atom is -0.999 e. The van der Waals surface area contributed by atoms with Gasteiger partial charge >= 0.3 is 10.2 Å². The Balaban J connectivity index is 0.000000390. The minimum absolute atomic E-state index is 0. The third-order valence-electron chi connectivity index (χ3n) is 3.54. The molecule has 0 N–H and O–H groups in total. The van der Waals surface area contributed by atoms with E-state index < -0.39 is 7.92 Å². The Labute approximate surface area is 175 Å². The molecule has 0 saturated heterocycles. The largest absolute Gasteiger partial charge is 0.999 e. The molecule has 0 aliphatic rings. The summed E-state index contributed by atoms with van der Waals surface area (Å²) < 4.78 is 7.25. The quantitative estimate of drug-likeness (QED) is 0.222. The van der Waals surface area contributed by atoms with Crippen molar-refractivity contribution in [2.24, 2.45) is 0 Å². The van der Waals surface area contributed by atoms with E-state index in [0.717, 1.165) is 0 Å². The summed E-state index contributed by atoms with van der Waals surface area (Å²) in [6, 6.07) is 44.5. The molecular weight excluding hydrogens is 523 g/mol. The van der Waals surface area contributed by atoms with Gasteiger partial charge in [0.15, 0.2) is 0 Å². The third-order valence-corrected chi connectivity index (χ3v) is 6.27. The van der Waals surface area contributed by atoms with Crippen LogP contribution >= 0.6 is 7.92 Å². The fourth-order valence-electron chi connectivity index (χ4n) is 2.49. The molecule has 0 heterocycles. The van der Waals surface area contributed by atoms with Crippen LogP contribution in [0.4, 0.5) is 0 Å². The van der Waals surface area contributed by atoms with E-state index in [2.05, 4.69) is 115 Å². The van der Waals surface area contributed by atoms with Crippen LogP contribution in [0.5, 0.6) is 0 Å². The first kappa shape index (κ1) is 22.8. The topological polar surface area (TPSA) is 43.7 Å². The van der Waals surface area contributed by atoms with Crippen LogP contribution in [0.3, 0.4) is 0 Å². The molecule has 0 aliphatic carbocycles. The molecule has 4 heteroatoms. The van der Waals surface area contributed by atoms with Crippen LogP contribution in [0.2, 0.25) is 0 Å². The maximum absolute atomic E-state index is 7.25. The van der Waals surface area contributed by atoms with Crippen molar-refractivity contribution in [3.8, 4) is 0 Å². The second-order valence-corrected chi connectivity index (χ2v) is 7.64. The fourth-order valence-corrected chi connectivity index (χ4v) is 5.07. The number of hydrogen-bond acceptors (Lipinski definition) is 1. The predicted octanol–water partition coefficient (Wildman–Crippen LogP) is 3.68. The first-order valence-electron chi connectivity index (χ1n) is 7.99. The van der Waals surface area contributed by atoms with Crippen LogP contribution < -0.4 is 15.9 Å². The second kappa shape index (κ2) is 13.9. The molecule has 1 radical (unpaired) electrons. The summed E-state index contributed by atoms with van der Waals surface area (Å²) in [5, 5.41) is 4.31. The molecule has 27 heavy (non-hydrogen) atoms. The maximum Gasteiger partial charge on any atom is 0.102 e. The van der Waals surface area contributed by atoms with Gasteiger partial charge in [-0.25, -0.2) is 0 Å². The smallest absolute Gasteiger partial charge is 0.102 e. The Hall–Kier alpha value is -2.23. The third kappa shape index (κ3) is 7.50. The Morgan fingerprint density at radius 2 is 0.889 bits per heavy atom. The summed E-state index contributed by atoms with van der Waals surface area (Å²) in [5.41, 5.74) is 5.75. The number of rotatable bonds is 3. The normalized spacial score (nSPS) is 9.00. The number of nitrogens with zero attached hydrogens (tertiary/aromatic N) is 1. The van der Waals surface area contributed by atoms with E-state index in [1.807, 2.05) is 0 Å². The van der Waals surface area contributed by atoms with Gasteiger partial charge in [-0.15, -0.1) is 0 Å². The van der Waals surface area contributed by atoms with Gasteiger partial charge in [-0.1, -0.05) is 54.6 Å². The molecule has 4 aromatic rings. The van der Waals surface area contributed by atoms with Gasteiger partial charge in [-0.3, -0.25) is 0 Å². The van der Waals surface area contributed by atoms with Crippen LogP contribution in [-0.2, 0) is 25.2 Å². The molecule has 0 atom stereocenters. The van der Waals surface area contributed by atoms with Gasteiger partial charge in [-0.05, 0) is 36.4 Å². The molecular formula is C23H17NOPRe-3. The van der Waals surface area contributed by atoms with Gasteiger partial charge in [0.25, 0.3) is 0 Å². The molecule has 0 aromatic heterocycles. The van der Waals surface area contributed by atoms with Crippen LogP contribution in [0.15, 0.2) is 97.1 Å². The van der Waals surface area contributed by atoms with Crippen molar-refractivity contribution in [2.45, 2.75) is 0 Å². The van der Waals surface area contributed by atoms with E-state index in [1.54, 1.807) is 6.07 Å². The molecule has 135 valence electrons. The first-order chi connectivity index (χ1) is 12.9. The molecule has 0 fully saturated rings. The zero-order valence-electron chi connectivity index (χ0n) is 14.5. The maximum atomic E-state index is 7.25. The molecule has 0 amide bonds. The Morgan fingerprint density at radius 3 is 1.11 bits per heavy atom. The van der Waals surface area contributed by atoms with Crippen LogP contribution in [0, 0.1) is 29.7 Å². The van der Waals surface area contributed by atoms with Crippen molar-refractivity contribution in [3.63, 3.8) is 0 Å². The minimum atomic E-state index is -0.877. The predicted molar refractivity (Wildman–Crippen MR) is 106 cm³/mol. The molecule has 0 spiro atoms. The molecule has 2 nitrogen and oxygen atoms in total. The van der Waals surface area contributed by atoms with Crippen molar-refractivity contribution < 1.29 is 25.2 Å². The van der Waals surface area contributed by atoms with Gasteiger partial charge in [0.1, 0.15) is 15.9 Å². The Morgan fingerprint density at radius 1 is 0.593 bits per heavy atom. The van der Waals surface area contributed by atoms with E-state index in [4.69, 9.17) is 10.2 Å². The van der Waals surface area contributed by atoms with Gasteiger partial charge in [0, 0.05) is 20.4 Å². The molecule has 0 saturated carbocycles. The summed E-state index contributed by atoms with van der Waals surface area (Å²) in [7, 11) is -0.877. The number of benzene rings is 3. The van der Waals surface area contributed by atoms with Gasteiger partial charge in [-0.2, -0.15) is 0 Å². The van der Waals surface area contributed by atoms with Crippen molar-refractivity contribution in [2.75, 3.05) is 0 Å². The zero-order valence-corrected chi connectivity index (χ0v) is 18.2. The van der Waals surface area contributed by atoms with Gasteiger partial charge < -0.3 is 30.3 Å². The standard InChI is InChI=1S/C18H15P.C5H.NO.Re/c1-4-10-16(11-5-1)19(17-12-6-2-7-13-17)18-14-8-3-9-15-18;1-2-4-5-3-1;1-2;/h1-15H;1H;;/q;-5;+1;/p+1. The van der Waals surface area contributed by atoms with Crippen molar-refractivity contribution in [3.05, 3.63) is 121 Å². The summed E-state index contributed by atoms with van der Waals surface area (Å²) in [6.07, 6.45) is 0. The summed E-state index contributed by atoms with van der Waals surface area (Å²) >= 11 is 0. The van der Waals surface area contributed by atoms with E-state index >= 15 is 0 Å². The van der Waals surface area contributed by atoms with Crippen molar-refractivity contribution in [1.82, 2.24) is 0 Å². The molecule has 4 rings (SSSR count). The summed E-state index contributed by atoms with van der Waals surface area (Å²) in [6.45, 7) is 0.